The average molecular weight is 413 g/mol. The van der Waals surface area contributed by atoms with Gasteiger partial charge in [0.25, 0.3) is 0 Å². The highest BCUT2D eigenvalue weighted by Gasteiger charge is 2.40. The smallest absolute Gasteiger partial charge is 0.244 e. The molecule has 2 aromatic carbocycles. The van der Waals surface area contributed by atoms with Crippen LogP contribution in [0.25, 0.3) is 0 Å². The highest BCUT2D eigenvalue weighted by Crippen LogP contribution is 2.34. The number of carbonyl (C=O) groups excluding carboxylic acids is 2. The zero-order chi connectivity index (χ0) is 20.8. The van der Waals surface area contributed by atoms with Crippen LogP contribution in [-0.4, -0.2) is 44.2 Å². The minimum atomic E-state index is -3.90. The van der Waals surface area contributed by atoms with Crippen molar-refractivity contribution in [1.82, 2.24) is 9.62 Å². The minimum absolute atomic E-state index is 0.0634. The quantitative estimate of drug-likeness (QED) is 0.831. The molecule has 1 unspecified atom stereocenters. The number of piperazine rings is 1. The highest BCUT2D eigenvalue weighted by atomic mass is 32.2. The first-order valence-corrected chi connectivity index (χ1v) is 11.0. The van der Waals surface area contributed by atoms with E-state index in [9.17, 15) is 18.0 Å². The van der Waals surface area contributed by atoms with Gasteiger partial charge in [-0.15, -0.1) is 0 Å². The predicted molar refractivity (Wildman–Crippen MR) is 109 cm³/mol. The molecule has 1 fully saturated rings. The van der Waals surface area contributed by atoms with E-state index in [1.54, 1.807) is 23.1 Å². The van der Waals surface area contributed by atoms with Crippen LogP contribution in [0, 0.1) is 6.92 Å². The monoisotopic (exact) mass is 413 g/mol. The molecule has 0 saturated carbocycles. The first-order chi connectivity index (χ1) is 13.8. The third kappa shape index (κ3) is 3.42. The van der Waals surface area contributed by atoms with Crippen LogP contribution in [0.1, 0.15) is 29.7 Å². The SMILES string of the molecule is CC(=O)N1CCc2cc(S(=O)(=O)N3CCNC(=O)C3c3cccc(C)c3)ccc21. The summed E-state index contributed by atoms with van der Waals surface area (Å²) < 4.78 is 28.2. The lowest BCUT2D eigenvalue weighted by Gasteiger charge is -2.34. The van der Waals surface area contributed by atoms with Crippen molar-refractivity contribution in [2.75, 3.05) is 24.5 Å². The molecule has 29 heavy (non-hydrogen) atoms. The summed E-state index contributed by atoms with van der Waals surface area (Å²) in [6.07, 6.45) is 0.611. The summed E-state index contributed by atoms with van der Waals surface area (Å²) >= 11 is 0. The standard InChI is InChI=1S/C21H23N3O4S/c1-14-4-3-5-17(12-14)20-21(26)22-9-11-24(20)29(27,28)18-6-7-19-16(13-18)8-10-23(19)15(2)25/h3-7,12-13,20H,8-11H2,1-2H3,(H,22,26). The number of rotatable bonds is 3. The van der Waals surface area contributed by atoms with Crippen LogP contribution in [0.15, 0.2) is 47.4 Å². The number of hydrogen-bond donors (Lipinski definition) is 1. The maximum Gasteiger partial charge on any atom is 0.244 e. The molecule has 0 aliphatic carbocycles. The van der Waals surface area contributed by atoms with Crippen LogP contribution >= 0.6 is 0 Å². The first-order valence-electron chi connectivity index (χ1n) is 9.56. The second kappa shape index (κ2) is 7.27. The zero-order valence-corrected chi connectivity index (χ0v) is 17.2. The first kappa shape index (κ1) is 19.6. The molecule has 0 spiro atoms. The highest BCUT2D eigenvalue weighted by molar-refractivity contribution is 7.89. The summed E-state index contributed by atoms with van der Waals surface area (Å²) in [6.45, 7) is 4.42. The van der Waals surface area contributed by atoms with Crippen molar-refractivity contribution < 1.29 is 18.0 Å². The zero-order valence-electron chi connectivity index (χ0n) is 16.4. The molecule has 152 valence electrons. The van der Waals surface area contributed by atoms with Gasteiger partial charge in [-0.1, -0.05) is 29.8 Å². The van der Waals surface area contributed by atoms with Gasteiger partial charge in [0.2, 0.25) is 21.8 Å². The molecule has 1 N–H and O–H groups in total. The molecule has 4 rings (SSSR count). The van der Waals surface area contributed by atoms with Crippen LogP contribution in [0.3, 0.4) is 0 Å². The summed E-state index contributed by atoms with van der Waals surface area (Å²) in [7, 11) is -3.90. The Hall–Kier alpha value is -2.71. The molecule has 1 atom stereocenters. The topological polar surface area (TPSA) is 86.8 Å². The number of benzene rings is 2. The van der Waals surface area contributed by atoms with E-state index in [1.807, 2.05) is 25.1 Å². The molecule has 8 heteroatoms. The molecule has 0 bridgehead atoms. The molecule has 7 nitrogen and oxygen atoms in total. The van der Waals surface area contributed by atoms with Gasteiger partial charge in [0.1, 0.15) is 6.04 Å². The number of hydrogen-bond acceptors (Lipinski definition) is 4. The minimum Gasteiger partial charge on any atom is -0.353 e. The van der Waals surface area contributed by atoms with Gasteiger partial charge in [-0.05, 0) is 42.7 Å². The maximum absolute atomic E-state index is 13.5. The van der Waals surface area contributed by atoms with Gasteiger partial charge in [0.15, 0.2) is 0 Å². The van der Waals surface area contributed by atoms with E-state index in [0.717, 1.165) is 16.8 Å². The van der Waals surface area contributed by atoms with E-state index < -0.39 is 16.1 Å². The van der Waals surface area contributed by atoms with Crippen molar-refractivity contribution in [3.05, 3.63) is 59.2 Å². The van der Waals surface area contributed by atoms with Gasteiger partial charge in [-0.2, -0.15) is 4.31 Å². The number of anilines is 1. The number of nitrogens with one attached hydrogen (secondary N) is 1. The largest absolute Gasteiger partial charge is 0.353 e. The fraction of sp³-hybridized carbons (Fsp3) is 0.333. The van der Waals surface area contributed by atoms with Crippen LogP contribution in [0.4, 0.5) is 5.69 Å². The normalized spacial score (nSPS) is 19.7. The van der Waals surface area contributed by atoms with Gasteiger partial charge < -0.3 is 10.2 Å². The Bertz CT molecular complexity index is 1100. The molecule has 2 heterocycles. The fourth-order valence-electron chi connectivity index (χ4n) is 4.06. The Morgan fingerprint density at radius 2 is 1.93 bits per heavy atom. The van der Waals surface area contributed by atoms with Crippen molar-refractivity contribution >= 4 is 27.5 Å². The van der Waals surface area contributed by atoms with Crippen molar-refractivity contribution in [3.8, 4) is 0 Å². The second-order valence-electron chi connectivity index (χ2n) is 7.43. The van der Waals surface area contributed by atoms with Crippen LogP contribution in [-0.2, 0) is 26.0 Å². The summed E-state index contributed by atoms with van der Waals surface area (Å²) in [5.74, 6) is -0.388. The Morgan fingerprint density at radius 1 is 1.14 bits per heavy atom. The third-order valence-electron chi connectivity index (χ3n) is 5.46. The maximum atomic E-state index is 13.5. The number of carbonyl (C=O) groups is 2. The molecular weight excluding hydrogens is 390 g/mol. The van der Waals surface area contributed by atoms with Crippen molar-refractivity contribution in [2.24, 2.45) is 0 Å². The molecule has 1 saturated heterocycles. The molecule has 2 aliphatic rings. The van der Waals surface area contributed by atoms with Crippen molar-refractivity contribution in [2.45, 2.75) is 31.2 Å². The summed E-state index contributed by atoms with van der Waals surface area (Å²) in [6, 6.07) is 11.3. The second-order valence-corrected chi connectivity index (χ2v) is 9.33. The molecular formula is C21H23N3O4S. The van der Waals surface area contributed by atoms with E-state index in [0.29, 0.717) is 18.5 Å². The number of amides is 2. The van der Waals surface area contributed by atoms with Gasteiger partial charge in [-0.3, -0.25) is 9.59 Å². The lowest BCUT2D eigenvalue weighted by molar-refractivity contribution is -0.127. The van der Waals surface area contributed by atoms with Gasteiger partial charge in [-0.25, -0.2) is 8.42 Å². The fourth-order valence-corrected chi connectivity index (χ4v) is 5.69. The number of fused-ring (bicyclic) bond motifs is 1. The molecule has 2 aromatic rings. The Balaban J connectivity index is 1.74. The number of aryl methyl sites for hydroxylation is 1. The lowest BCUT2D eigenvalue weighted by atomic mass is 10.0. The average Bonchev–Trinajstić information content (AvgIpc) is 3.11. The molecule has 2 amide bonds. The summed E-state index contributed by atoms with van der Waals surface area (Å²) in [4.78, 5) is 26.2. The Morgan fingerprint density at radius 3 is 2.66 bits per heavy atom. The summed E-state index contributed by atoms with van der Waals surface area (Å²) in [5.41, 5.74) is 3.19. The molecule has 2 aliphatic heterocycles. The van der Waals surface area contributed by atoms with E-state index in [4.69, 9.17) is 0 Å². The van der Waals surface area contributed by atoms with E-state index in [-0.39, 0.29) is 29.8 Å². The summed E-state index contributed by atoms with van der Waals surface area (Å²) in [5, 5.41) is 2.77. The van der Waals surface area contributed by atoms with E-state index in [1.165, 1.54) is 17.3 Å². The van der Waals surface area contributed by atoms with Gasteiger partial charge in [0, 0.05) is 32.2 Å². The predicted octanol–water partition coefficient (Wildman–Crippen LogP) is 1.77. The number of sulfonamides is 1. The van der Waals surface area contributed by atoms with E-state index in [2.05, 4.69) is 5.32 Å². The van der Waals surface area contributed by atoms with Gasteiger partial charge >= 0.3 is 0 Å². The Labute approximate surface area is 170 Å². The molecule has 0 radical (unpaired) electrons. The number of nitrogens with zero attached hydrogens (tertiary/aromatic N) is 2. The van der Waals surface area contributed by atoms with Gasteiger partial charge in [0.05, 0.1) is 4.90 Å². The third-order valence-corrected chi connectivity index (χ3v) is 7.32. The van der Waals surface area contributed by atoms with Crippen LogP contribution in [0.5, 0.6) is 0 Å². The van der Waals surface area contributed by atoms with Crippen molar-refractivity contribution in [3.63, 3.8) is 0 Å². The molecule has 0 aromatic heterocycles. The van der Waals surface area contributed by atoms with E-state index >= 15 is 0 Å². The lowest BCUT2D eigenvalue weighted by Crippen LogP contribution is -2.52. The van der Waals surface area contributed by atoms with Crippen molar-refractivity contribution in [1.29, 1.82) is 0 Å². The van der Waals surface area contributed by atoms with Crippen LogP contribution in [0.2, 0.25) is 0 Å². The Kier molecular flexibility index (Phi) is 4.92. The van der Waals surface area contributed by atoms with Crippen LogP contribution < -0.4 is 10.2 Å².